The summed E-state index contributed by atoms with van der Waals surface area (Å²) in [5.74, 6) is -1.09. The number of fused-ring (bicyclic) bond motifs is 2. The van der Waals surface area contributed by atoms with Crippen LogP contribution in [0.5, 0.6) is 5.75 Å². The summed E-state index contributed by atoms with van der Waals surface area (Å²) in [4.78, 5) is 4.11. The minimum atomic E-state index is -4.49. The molecule has 13 nitrogen and oxygen atoms in total. The molecule has 16 heteroatoms. The molecule has 2 N–H and O–H groups in total. The van der Waals surface area contributed by atoms with Crippen molar-refractivity contribution in [1.82, 2.24) is 14.6 Å². The third kappa shape index (κ3) is 14.7. The zero-order valence-corrected chi connectivity index (χ0v) is 40.2. The van der Waals surface area contributed by atoms with E-state index in [1.54, 1.807) is 41.8 Å². The van der Waals surface area contributed by atoms with Crippen molar-refractivity contribution in [2.75, 3.05) is 18.9 Å². The Morgan fingerprint density at radius 2 is 1.55 bits per heavy atom. The van der Waals surface area contributed by atoms with Crippen molar-refractivity contribution in [3.63, 3.8) is 0 Å². The Balaban J connectivity index is 1.09. The first-order chi connectivity index (χ1) is 31.3. The second kappa shape index (κ2) is 24.4. The van der Waals surface area contributed by atoms with Crippen molar-refractivity contribution in [1.29, 1.82) is 5.26 Å². The molecule has 6 atom stereocenters. The van der Waals surface area contributed by atoms with Gasteiger partial charge in [0.15, 0.2) is 11.6 Å². The van der Waals surface area contributed by atoms with Gasteiger partial charge in [-0.15, -0.1) is 0 Å². The number of aromatic nitrogens is 3. The van der Waals surface area contributed by atoms with Crippen LogP contribution in [0.25, 0.3) is 5.52 Å². The number of benzene rings is 2. The van der Waals surface area contributed by atoms with Crippen LogP contribution in [0.2, 0.25) is 5.02 Å². The van der Waals surface area contributed by atoms with Gasteiger partial charge in [0.25, 0.3) is 0 Å². The summed E-state index contributed by atoms with van der Waals surface area (Å²) in [7, 11) is -4.49. The lowest BCUT2D eigenvalue weighted by molar-refractivity contribution is -0.212. The summed E-state index contributed by atoms with van der Waals surface area (Å²) >= 11 is 6.51. The number of anilines is 1. The molecule has 2 saturated heterocycles. The van der Waals surface area contributed by atoms with Gasteiger partial charge in [-0.2, -0.15) is 10.4 Å². The minimum Gasteiger partial charge on any atom is -0.402 e. The van der Waals surface area contributed by atoms with E-state index in [1.807, 2.05) is 32.0 Å². The van der Waals surface area contributed by atoms with E-state index in [0.717, 1.165) is 25.7 Å². The van der Waals surface area contributed by atoms with Crippen molar-refractivity contribution in [3.8, 4) is 11.8 Å². The van der Waals surface area contributed by atoms with Gasteiger partial charge in [-0.25, -0.2) is 18.5 Å². The second-order valence-corrected chi connectivity index (χ2v) is 20.1. The number of unbranched alkanes of at least 4 members (excludes halogenated alkanes) is 15. The lowest BCUT2D eigenvalue weighted by atomic mass is 9.97. The number of halogens is 2. The Kier molecular flexibility index (Phi) is 19.1. The zero-order valence-electron chi connectivity index (χ0n) is 38.6. The Hall–Kier alpha value is -3.64. The normalized spacial score (nSPS) is 21.6. The van der Waals surface area contributed by atoms with Gasteiger partial charge in [0, 0.05) is 0 Å². The van der Waals surface area contributed by atoms with Gasteiger partial charge in [-0.3, -0.25) is 9.05 Å². The molecule has 6 rings (SSSR count). The van der Waals surface area contributed by atoms with E-state index in [0.29, 0.717) is 29.0 Å². The van der Waals surface area contributed by atoms with Crippen LogP contribution >= 0.6 is 19.4 Å². The van der Waals surface area contributed by atoms with Crippen LogP contribution in [0.3, 0.4) is 0 Å². The SMILES string of the molecule is CCCCCCCCCCCCCCCCCC[C@H](COP(=O)(OC[C@@]1(C)O[C@@H](c2ccc3c(N)ncnn23)[C@@H]2OC(C)(C)O[C@@H]21)Oc1ccccc1Cl)OCc1cc(F)cc(C#N)c1. The van der Waals surface area contributed by atoms with Crippen LogP contribution in [0, 0.1) is 17.1 Å². The topological polar surface area (TPSA) is 162 Å². The molecule has 4 heterocycles. The number of phosphoric ester groups is 1. The monoisotopic (exact) mass is 939 g/mol. The van der Waals surface area contributed by atoms with Crippen LogP contribution in [-0.2, 0) is 39.2 Å². The minimum absolute atomic E-state index is 0.00430. The molecule has 2 aliphatic heterocycles. The van der Waals surface area contributed by atoms with Gasteiger partial charge in [-0.05, 0) is 75.2 Å². The van der Waals surface area contributed by atoms with E-state index >= 15 is 0 Å². The fourth-order valence-corrected chi connectivity index (χ4v) is 10.3. The van der Waals surface area contributed by atoms with Crippen molar-refractivity contribution in [2.24, 2.45) is 0 Å². The Labute approximate surface area is 389 Å². The molecule has 0 aliphatic carbocycles. The van der Waals surface area contributed by atoms with E-state index in [9.17, 15) is 14.2 Å². The summed E-state index contributed by atoms with van der Waals surface area (Å²) in [6.07, 6.45) is 19.3. The number of nitrogens with zero attached hydrogens (tertiary/aromatic N) is 4. The van der Waals surface area contributed by atoms with Gasteiger partial charge in [0.05, 0.1) is 48.3 Å². The van der Waals surface area contributed by atoms with E-state index in [4.69, 9.17) is 49.9 Å². The maximum atomic E-state index is 14.9. The molecule has 2 fully saturated rings. The molecule has 65 heavy (non-hydrogen) atoms. The van der Waals surface area contributed by atoms with Gasteiger partial charge < -0.3 is 29.2 Å². The number of ether oxygens (including phenoxy) is 4. The molecular formula is C49H68ClFN5O8P. The number of para-hydroxylation sites is 1. The first-order valence-electron chi connectivity index (χ1n) is 23.6. The van der Waals surface area contributed by atoms with E-state index in [2.05, 4.69) is 17.0 Å². The van der Waals surface area contributed by atoms with Crippen LogP contribution in [0.4, 0.5) is 10.2 Å². The van der Waals surface area contributed by atoms with Gasteiger partial charge in [0.2, 0.25) is 0 Å². The van der Waals surface area contributed by atoms with Crippen LogP contribution in [-0.4, -0.2) is 57.5 Å². The van der Waals surface area contributed by atoms with Crippen LogP contribution < -0.4 is 10.3 Å². The molecule has 0 saturated carbocycles. The van der Waals surface area contributed by atoms with E-state index in [-0.39, 0.29) is 36.2 Å². The molecule has 0 spiro atoms. The second-order valence-electron chi connectivity index (χ2n) is 18.1. The molecule has 0 bridgehead atoms. The number of phosphoric acid groups is 1. The highest BCUT2D eigenvalue weighted by molar-refractivity contribution is 7.49. The fourth-order valence-electron chi connectivity index (χ4n) is 8.70. The summed E-state index contributed by atoms with van der Waals surface area (Å²) < 4.78 is 75.2. The fraction of sp³-hybridized carbons (Fsp3) is 0.612. The van der Waals surface area contributed by atoms with Crippen molar-refractivity contribution < 1.29 is 41.5 Å². The molecule has 0 radical (unpaired) electrons. The highest BCUT2D eigenvalue weighted by Gasteiger charge is 2.62. The van der Waals surface area contributed by atoms with Gasteiger partial charge in [-0.1, -0.05) is 133 Å². The third-order valence-electron chi connectivity index (χ3n) is 12.2. The number of rotatable bonds is 29. The predicted molar refractivity (Wildman–Crippen MR) is 249 cm³/mol. The average molecular weight is 941 g/mol. The van der Waals surface area contributed by atoms with Crippen LogP contribution in [0.15, 0.2) is 60.9 Å². The molecule has 2 aromatic carbocycles. The number of nitrogen functional groups attached to an aromatic ring is 1. The highest BCUT2D eigenvalue weighted by Crippen LogP contribution is 2.55. The number of hydrogen-bond acceptors (Lipinski definition) is 12. The maximum absolute atomic E-state index is 14.9. The smallest absolute Gasteiger partial charge is 0.402 e. The summed E-state index contributed by atoms with van der Waals surface area (Å²) in [6.45, 7) is 7.22. The Bertz CT molecular complexity index is 2210. The van der Waals surface area contributed by atoms with Gasteiger partial charge in [0.1, 0.15) is 47.3 Å². The molecule has 2 aromatic heterocycles. The molecular weight excluding hydrogens is 872 g/mol. The van der Waals surface area contributed by atoms with Gasteiger partial charge >= 0.3 is 7.82 Å². The number of nitrogens with two attached hydrogens (primary N) is 1. The summed E-state index contributed by atoms with van der Waals surface area (Å²) in [5.41, 5.74) is 6.87. The molecule has 0 amide bonds. The van der Waals surface area contributed by atoms with E-state index in [1.165, 1.54) is 95.5 Å². The molecule has 356 valence electrons. The largest absolute Gasteiger partial charge is 0.530 e. The van der Waals surface area contributed by atoms with Crippen molar-refractivity contribution >= 4 is 30.8 Å². The lowest BCUT2D eigenvalue weighted by Crippen LogP contribution is -2.44. The standard InChI is InChI=1S/C49H68ClFN5O8P/c1-5-6-7-8-9-10-11-12-13-14-15-16-17-18-19-20-23-39(58-32-37-28-36(31-52)29-38(51)30-37)33-59-65(57,64-43-25-22-21-24-40(43)50)60-34-49(4)46-45(61-48(2,3)63-46)44(62-49)41-26-27-42-47(53)54-35-55-56(41)42/h21-22,24-30,35,39,44-46H,5-20,23,32-34H2,1-4H3,(H2,53,54,55)/t39-,44+,45+,46+,49-,65?/m1/s1. The zero-order chi connectivity index (χ0) is 46.3. The number of nitriles is 1. The molecule has 2 aliphatic rings. The summed E-state index contributed by atoms with van der Waals surface area (Å²) in [6, 6.07) is 16.4. The van der Waals surface area contributed by atoms with E-state index < -0.39 is 49.4 Å². The average Bonchev–Trinajstić information content (AvgIpc) is 3.94. The highest BCUT2D eigenvalue weighted by atomic mass is 35.5. The van der Waals surface area contributed by atoms with Crippen LogP contribution in [0.1, 0.15) is 160 Å². The molecule has 4 aromatic rings. The first-order valence-corrected chi connectivity index (χ1v) is 25.4. The number of hydrogen-bond donors (Lipinski definition) is 1. The Morgan fingerprint density at radius 3 is 2.22 bits per heavy atom. The molecule has 1 unspecified atom stereocenters. The first kappa shape index (κ1) is 50.8. The Morgan fingerprint density at radius 1 is 0.892 bits per heavy atom. The lowest BCUT2D eigenvalue weighted by Gasteiger charge is -2.32. The third-order valence-corrected chi connectivity index (χ3v) is 13.8. The predicted octanol–water partition coefficient (Wildman–Crippen LogP) is 12.8. The maximum Gasteiger partial charge on any atom is 0.530 e. The van der Waals surface area contributed by atoms with Crippen molar-refractivity contribution in [2.45, 2.75) is 179 Å². The van der Waals surface area contributed by atoms with Crippen molar-refractivity contribution in [3.05, 3.63) is 88.6 Å². The summed E-state index contributed by atoms with van der Waals surface area (Å²) in [5, 5.41) is 14.1. The quantitative estimate of drug-likeness (QED) is 0.0406.